The van der Waals surface area contributed by atoms with Crippen molar-refractivity contribution < 1.29 is 0 Å². The first kappa shape index (κ1) is 9.74. The highest BCUT2D eigenvalue weighted by Crippen LogP contribution is 2.15. The van der Waals surface area contributed by atoms with Crippen molar-refractivity contribution in [3.8, 4) is 0 Å². The second-order valence-electron chi connectivity index (χ2n) is 3.62. The van der Waals surface area contributed by atoms with Gasteiger partial charge in [-0.15, -0.1) is 0 Å². The van der Waals surface area contributed by atoms with Crippen LogP contribution in [0.25, 0.3) is 0 Å². The Bertz CT molecular complexity index is 291. The lowest BCUT2D eigenvalue weighted by Crippen LogP contribution is -2.44. The van der Waals surface area contributed by atoms with Crippen molar-refractivity contribution in [3.05, 3.63) is 23.4 Å². The van der Waals surface area contributed by atoms with Gasteiger partial charge in [0.15, 0.2) is 0 Å². The summed E-state index contributed by atoms with van der Waals surface area (Å²) in [5, 5.41) is 0.697. The van der Waals surface area contributed by atoms with E-state index in [9.17, 15) is 0 Å². The summed E-state index contributed by atoms with van der Waals surface area (Å²) in [6.07, 6.45) is 1.70. The maximum absolute atomic E-state index is 5.78. The van der Waals surface area contributed by atoms with Gasteiger partial charge in [0.2, 0.25) is 0 Å². The van der Waals surface area contributed by atoms with Crippen molar-refractivity contribution in [1.82, 2.24) is 9.88 Å². The maximum atomic E-state index is 5.78. The van der Waals surface area contributed by atoms with E-state index >= 15 is 0 Å². The number of likely N-dealkylation sites (N-methyl/N-ethyl adjacent to an activating group) is 1. The number of aromatic nitrogens is 1. The first-order chi connectivity index (χ1) is 6.75. The van der Waals surface area contributed by atoms with Crippen molar-refractivity contribution in [2.45, 2.75) is 0 Å². The molecule has 0 amide bonds. The van der Waals surface area contributed by atoms with Crippen molar-refractivity contribution >= 4 is 17.4 Å². The van der Waals surface area contributed by atoms with Crippen LogP contribution in [0.2, 0.25) is 5.02 Å². The molecular formula is C10H14ClN3. The van der Waals surface area contributed by atoms with Gasteiger partial charge in [0.1, 0.15) is 5.82 Å². The van der Waals surface area contributed by atoms with E-state index in [-0.39, 0.29) is 0 Å². The largest absolute Gasteiger partial charge is 0.354 e. The summed E-state index contributed by atoms with van der Waals surface area (Å²) in [5.74, 6) is 1.03. The van der Waals surface area contributed by atoms with Gasteiger partial charge in [-0.3, -0.25) is 0 Å². The normalized spacial score (nSPS) is 18.6. The average Bonchev–Trinajstić information content (AvgIpc) is 2.21. The van der Waals surface area contributed by atoms with Crippen LogP contribution in [0.1, 0.15) is 0 Å². The van der Waals surface area contributed by atoms with Gasteiger partial charge in [-0.2, -0.15) is 0 Å². The number of hydrogen-bond donors (Lipinski definition) is 0. The second-order valence-corrected chi connectivity index (χ2v) is 4.06. The highest BCUT2D eigenvalue weighted by molar-refractivity contribution is 6.30. The Morgan fingerprint density at radius 2 is 1.93 bits per heavy atom. The van der Waals surface area contributed by atoms with Crippen molar-refractivity contribution in [3.63, 3.8) is 0 Å². The molecule has 4 heteroatoms. The summed E-state index contributed by atoms with van der Waals surface area (Å²) >= 11 is 5.78. The van der Waals surface area contributed by atoms with E-state index in [1.54, 1.807) is 6.20 Å². The van der Waals surface area contributed by atoms with Crippen LogP contribution in [0, 0.1) is 0 Å². The number of anilines is 1. The van der Waals surface area contributed by atoms with E-state index in [2.05, 4.69) is 21.8 Å². The quantitative estimate of drug-likeness (QED) is 0.702. The smallest absolute Gasteiger partial charge is 0.128 e. The molecule has 2 rings (SSSR count). The molecule has 0 radical (unpaired) electrons. The Morgan fingerprint density at radius 1 is 1.21 bits per heavy atom. The van der Waals surface area contributed by atoms with Gasteiger partial charge < -0.3 is 9.80 Å². The molecule has 0 aromatic carbocycles. The molecule has 0 aliphatic carbocycles. The summed E-state index contributed by atoms with van der Waals surface area (Å²) < 4.78 is 0. The molecule has 1 aliphatic rings. The molecule has 0 atom stereocenters. The van der Waals surface area contributed by atoms with E-state index in [1.165, 1.54) is 0 Å². The Balaban J connectivity index is 2.05. The van der Waals surface area contributed by atoms with E-state index in [1.807, 2.05) is 12.1 Å². The SMILES string of the molecule is CN1CCN(c2ccc(Cl)cn2)CC1. The number of pyridine rings is 1. The zero-order valence-electron chi connectivity index (χ0n) is 8.28. The lowest BCUT2D eigenvalue weighted by atomic mass is 10.3. The minimum absolute atomic E-state index is 0.697. The van der Waals surface area contributed by atoms with Crippen molar-refractivity contribution in [1.29, 1.82) is 0 Å². The minimum Gasteiger partial charge on any atom is -0.354 e. The predicted molar refractivity (Wildman–Crippen MR) is 59.0 cm³/mol. The molecule has 14 heavy (non-hydrogen) atoms. The van der Waals surface area contributed by atoms with Crippen LogP contribution in [0.4, 0.5) is 5.82 Å². The highest BCUT2D eigenvalue weighted by Gasteiger charge is 2.14. The summed E-state index contributed by atoms with van der Waals surface area (Å²) in [5.41, 5.74) is 0. The molecule has 0 spiro atoms. The summed E-state index contributed by atoms with van der Waals surface area (Å²) in [7, 11) is 2.15. The lowest BCUT2D eigenvalue weighted by molar-refractivity contribution is 0.312. The molecule has 2 heterocycles. The molecule has 0 saturated carbocycles. The number of halogens is 1. The Labute approximate surface area is 89.3 Å². The number of hydrogen-bond acceptors (Lipinski definition) is 3. The van der Waals surface area contributed by atoms with Crippen LogP contribution in [0.5, 0.6) is 0 Å². The van der Waals surface area contributed by atoms with Gasteiger partial charge >= 0.3 is 0 Å². The first-order valence-electron chi connectivity index (χ1n) is 4.81. The third-order valence-electron chi connectivity index (χ3n) is 2.54. The zero-order chi connectivity index (χ0) is 9.97. The molecule has 0 bridgehead atoms. The average molecular weight is 212 g/mol. The molecule has 3 nitrogen and oxygen atoms in total. The van der Waals surface area contributed by atoms with Gasteiger partial charge in [-0.1, -0.05) is 11.6 Å². The lowest BCUT2D eigenvalue weighted by Gasteiger charge is -2.33. The summed E-state index contributed by atoms with van der Waals surface area (Å²) in [6.45, 7) is 4.30. The maximum Gasteiger partial charge on any atom is 0.128 e. The van der Waals surface area contributed by atoms with E-state index in [0.29, 0.717) is 5.02 Å². The van der Waals surface area contributed by atoms with Crippen LogP contribution in [-0.4, -0.2) is 43.1 Å². The molecule has 1 aromatic rings. The fourth-order valence-corrected chi connectivity index (χ4v) is 1.70. The summed E-state index contributed by atoms with van der Waals surface area (Å²) in [4.78, 5) is 8.92. The van der Waals surface area contributed by atoms with E-state index < -0.39 is 0 Å². The minimum atomic E-state index is 0.697. The molecular weight excluding hydrogens is 198 g/mol. The number of piperazine rings is 1. The van der Waals surface area contributed by atoms with Crippen LogP contribution >= 0.6 is 11.6 Å². The zero-order valence-corrected chi connectivity index (χ0v) is 9.04. The van der Waals surface area contributed by atoms with E-state index in [0.717, 1.165) is 32.0 Å². The Kier molecular flexibility index (Phi) is 2.89. The fourth-order valence-electron chi connectivity index (χ4n) is 1.59. The van der Waals surface area contributed by atoms with Crippen molar-refractivity contribution in [2.24, 2.45) is 0 Å². The molecule has 1 saturated heterocycles. The van der Waals surface area contributed by atoms with Gasteiger partial charge in [-0.05, 0) is 19.2 Å². The van der Waals surface area contributed by atoms with Gasteiger partial charge in [0.25, 0.3) is 0 Å². The standard InChI is InChI=1S/C10H14ClN3/c1-13-4-6-14(7-5-13)10-3-2-9(11)8-12-10/h2-3,8H,4-7H2,1H3. The third kappa shape index (κ3) is 2.16. The van der Waals surface area contributed by atoms with Gasteiger partial charge in [-0.25, -0.2) is 4.98 Å². The van der Waals surface area contributed by atoms with Gasteiger partial charge in [0.05, 0.1) is 5.02 Å². The monoisotopic (exact) mass is 211 g/mol. The van der Waals surface area contributed by atoms with E-state index in [4.69, 9.17) is 11.6 Å². The molecule has 1 aromatic heterocycles. The van der Waals surface area contributed by atoms with Crippen LogP contribution in [-0.2, 0) is 0 Å². The molecule has 76 valence electrons. The third-order valence-corrected chi connectivity index (χ3v) is 2.76. The molecule has 0 N–H and O–H groups in total. The number of nitrogens with zero attached hydrogens (tertiary/aromatic N) is 3. The first-order valence-corrected chi connectivity index (χ1v) is 5.18. The predicted octanol–water partition coefficient (Wildman–Crippen LogP) is 1.49. The summed E-state index contributed by atoms with van der Waals surface area (Å²) in [6, 6.07) is 3.87. The van der Waals surface area contributed by atoms with Crippen LogP contribution < -0.4 is 4.90 Å². The molecule has 1 fully saturated rings. The van der Waals surface area contributed by atoms with Crippen LogP contribution in [0.3, 0.4) is 0 Å². The number of rotatable bonds is 1. The second kappa shape index (κ2) is 4.15. The van der Waals surface area contributed by atoms with Gasteiger partial charge in [0, 0.05) is 32.4 Å². The van der Waals surface area contributed by atoms with Crippen molar-refractivity contribution in [2.75, 3.05) is 38.1 Å². The molecule has 0 unspecified atom stereocenters. The Morgan fingerprint density at radius 3 is 2.50 bits per heavy atom. The van der Waals surface area contributed by atoms with Crippen LogP contribution in [0.15, 0.2) is 18.3 Å². The Hall–Kier alpha value is -0.800. The fraction of sp³-hybridized carbons (Fsp3) is 0.500. The highest BCUT2D eigenvalue weighted by atomic mass is 35.5. The molecule has 1 aliphatic heterocycles. The topological polar surface area (TPSA) is 19.4 Å².